The number of fused-ring (bicyclic) bond motifs is 1. The van der Waals surface area contributed by atoms with Gasteiger partial charge in [0.25, 0.3) is 5.91 Å². The van der Waals surface area contributed by atoms with Crippen molar-refractivity contribution in [2.24, 2.45) is 0 Å². The van der Waals surface area contributed by atoms with Gasteiger partial charge in [0, 0.05) is 12.1 Å². The van der Waals surface area contributed by atoms with E-state index >= 15 is 0 Å². The second kappa shape index (κ2) is 6.95. The third-order valence-electron chi connectivity index (χ3n) is 5.10. The molecule has 0 bridgehead atoms. The number of halogens is 2. The number of hydrogen-bond donors (Lipinski definition) is 0. The molecule has 0 radical (unpaired) electrons. The zero-order valence-corrected chi connectivity index (χ0v) is 15.0. The number of aryl methyl sites for hydroxylation is 1. The molecule has 1 aliphatic rings. The van der Waals surface area contributed by atoms with E-state index in [2.05, 4.69) is 6.07 Å². The first-order valence-electron chi connectivity index (χ1n) is 8.95. The summed E-state index contributed by atoms with van der Waals surface area (Å²) in [5.41, 5.74) is 4.58. The van der Waals surface area contributed by atoms with Crippen LogP contribution in [-0.2, 0) is 6.42 Å². The molecule has 0 fully saturated rings. The van der Waals surface area contributed by atoms with Gasteiger partial charge in [-0.1, -0.05) is 54.1 Å². The van der Waals surface area contributed by atoms with Gasteiger partial charge in [-0.3, -0.25) is 4.79 Å². The van der Waals surface area contributed by atoms with Gasteiger partial charge in [-0.05, 0) is 48.2 Å². The molecule has 0 saturated heterocycles. The Morgan fingerprint density at radius 2 is 1.70 bits per heavy atom. The maximum atomic E-state index is 13.7. The van der Waals surface area contributed by atoms with Crippen molar-refractivity contribution >= 4 is 5.91 Å². The number of benzene rings is 3. The zero-order chi connectivity index (χ0) is 19.0. The quantitative estimate of drug-likeness (QED) is 0.623. The van der Waals surface area contributed by atoms with E-state index in [0.717, 1.165) is 35.2 Å². The Hall–Kier alpha value is -3.01. The van der Waals surface area contributed by atoms with E-state index in [-0.39, 0.29) is 17.5 Å². The van der Waals surface area contributed by atoms with Crippen molar-refractivity contribution in [1.29, 1.82) is 0 Å². The van der Waals surface area contributed by atoms with E-state index in [1.807, 2.05) is 49.4 Å². The Labute approximate surface area is 157 Å². The second-order valence-corrected chi connectivity index (χ2v) is 6.89. The van der Waals surface area contributed by atoms with E-state index in [0.29, 0.717) is 6.54 Å². The van der Waals surface area contributed by atoms with Crippen molar-refractivity contribution in [3.8, 4) is 0 Å². The van der Waals surface area contributed by atoms with E-state index in [1.165, 1.54) is 11.6 Å². The molecule has 1 heterocycles. The molecule has 1 atom stereocenters. The fraction of sp³-hybridized carbons (Fsp3) is 0.174. The van der Waals surface area contributed by atoms with Crippen LogP contribution >= 0.6 is 0 Å². The first-order chi connectivity index (χ1) is 13.0. The number of carbonyl (C=O) groups excluding carboxylic acids is 1. The minimum absolute atomic E-state index is 0.158. The molecule has 1 amide bonds. The lowest BCUT2D eigenvalue weighted by Crippen LogP contribution is -2.40. The van der Waals surface area contributed by atoms with Gasteiger partial charge >= 0.3 is 0 Å². The van der Waals surface area contributed by atoms with Gasteiger partial charge < -0.3 is 4.90 Å². The lowest BCUT2D eigenvalue weighted by Gasteiger charge is -2.38. The van der Waals surface area contributed by atoms with Crippen LogP contribution in [0.3, 0.4) is 0 Å². The fourth-order valence-corrected chi connectivity index (χ4v) is 3.69. The number of amides is 1. The fourth-order valence-electron chi connectivity index (χ4n) is 3.69. The first-order valence-corrected chi connectivity index (χ1v) is 8.95. The van der Waals surface area contributed by atoms with E-state index in [4.69, 9.17) is 0 Å². The Bertz CT molecular complexity index is 998. The summed E-state index contributed by atoms with van der Waals surface area (Å²) in [5, 5.41) is 0. The molecular formula is C23H19F2NO. The highest BCUT2D eigenvalue weighted by atomic mass is 19.2. The maximum absolute atomic E-state index is 13.7. The monoisotopic (exact) mass is 363 g/mol. The normalized spacial score (nSPS) is 16.1. The summed E-state index contributed by atoms with van der Waals surface area (Å²) >= 11 is 0. The van der Waals surface area contributed by atoms with Gasteiger partial charge in [0.1, 0.15) is 0 Å². The average Bonchev–Trinajstić information content (AvgIpc) is 2.69. The highest BCUT2D eigenvalue weighted by Crippen LogP contribution is 2.36. The minimum Gasteiger partial charge on any atom is -0.327 e. The van der Waals surface area contributed by atoms with Crippen molar-refractivity contribution in [2.45, 2.75) is 19.4 Å². The SMILES string of the molecule is Cc1ccc(C2c3ccccc3CCN2C(=O)c2ccc(F)c(F)c2)cc1. The molecule has 0 spiro atoms. The summed E-state index contributed by atoms with van der Waals surface area (Å²) in [6, 6.07) is 19.2. The summed E-state index contributed by atoms with van der Waals surface area (Å²) in [6.45, 7) is 2.54. The zero-order valence-electron chi connectivity index (χ0n) is 15.0. The molecule has 0 N–H and O–H groups in total. The highest BCUT2D eigenvalue weighted by molar-refractivity contribution is 5.95. The van der Waals surface area contributed by atoms with Crippen LogP contribution in [0.25, 0.3) is 0 Å². The molecule has 1 aliphatic heterocycles. The Morgan fingerprint density at radius 3 is 2.44 bits per heavy atom. The van der Waals surface area contributed by atoms with E-state index in [1.54, 1.807) is 4.90 Å². The van der Waals surface area contributed by atoms with Gasteiger partial charge in [0.2, 0.25) is 0 Å². The molecule has 1 unspecified atom stereocenters. The van der Waals surface area contributed by atoms with Crippen LogP contribution in [0.15, 0.2) is 66.7 Å². The Balaban J connectivity index is 1.79. The first kappa shape index (κ1) is 17.4. The predicted octanol–water partition coefficient (Wildman–Crippen LogP) is 5.06. The van der Waals surface area contributed by atoms with E-state index in [9.17, 15) is 13.6 Å². The van der Waals surface area contributed by atoms with Crippen molar-refractivity contribution in [1.82, 2.24) is 4.90 Å². The second-order valence-electron chi connectivity index (χ2n) is 6.89. The summed E-state index contributed by atoms with van der Waals surface area (Å²) in [6.07, 6.45) is 0.730. The molecule has 0 saturated carbocycles. The summed E-state index contributed by atoms with van der Waals surface area (Å²) < 4.78 is 26.9. The highest BCUT2D eigenvalue weighted by Gasteiger charge is 2.32. The average molecular weight is 363 g/mol. The lowest BCUT2D eigenvalue weighted by atomic mass is 9.87. The molecular weight excluding hydrogens is 344 g/mol. The molecule has 0 aliphatic carbocycles. The molecule has 2 nitrogen and oxygen atoms in total. The van der Waals surface area contributed by atoms with Gasteiger partial charge in [-0.25, -0.2) is 8.78 Å². The van der Waals surface area contributed by atoms with Crippen LogP contribution in [0.1, 0.15) is 38.7 Å². The van der Waals surface area contributed by atoms with E-state index < -0.39 is 11.6 Å². The van der Waals surface area contributed by atoms with Gasteiger partial charge in [-0.2, -0.15) is 0 Å². The van der Waals surface area contributed by atoms with Crippen LogP contribution < -0.4 is 0 Å². The summed E-state index contributed by atoms with van der Waals surface area (Å²) in [4.78, 5) is 14.9. The van der Waals surface area contributed by atoms with Crippen LogP contribution in [0.5, 0.6) is 0 Å². The van der Waals surface area contributed by atoms with Crippen LogP contribution in [0.4, 0.5) is 8.78 Å². The largest absolute Gasteiger partial charge is 0.327 e. The number of rotatable bonds is 2. The minimum atomic E-state index is -1.01. The third kappa shape index (κ3) is 3.23. The lowest BCUT2D eigenvalue weighted by molar-refractivity contribution is 0.0694. The predicted molar refractivity (Wildman–Crippen MR) is 101 cm³/mol. The Morgan fingerprint density at radius 1 is 0.963 bits per heavy atom. The molecule has 4 heteroatoms. The molecule has 0 aromatic heterocycles. The maximum Gasteiger partial charge on any atom is 0.254 e. The summed E-state index contributed by atoms with van der Waals surface area (Å²) in [7, 11) is 0. The smallest absolute Gasteiger partial charge is 0.254 e. The molecule has 3 aromatic rings. The number of carbonyl (C=O) groups is 1. The summed E-state index contributed by atoms with van der Waals surface area (Å²) in [5.74, 6) is -2.26. The molecule has 136 valence electrons. The van der Waals surface area contributed by atoms with Crippen LogP contribution in [0.2, 0.25) is 0 Å². The van der Waals surface area contributed by atoms with Crippen molar-refractivity contribution in [2.75, 3.05) is 6.54 Å². The number of hydrogen-bond acceptors (Lipinski definition) is 1. The Kier molecular flexibility index (Phi) is 4.48. The topological polar surface area (TPSA) is 20.3 Å². The van der Waals surface area contributed by atoms with Crippen molar-refractivity contribution in [3.05, 3.63) is 106 Å². The number of nitrogens with zero attached hydrogens (tertiary/aromatic N) is 1. The molecule has 3 aromatic carbocycles. The standard InChI is InChI=1S/C23H19F2NO/c1-15-6-8-17(9-7-15)22-19-5-3-2-4-16(19)12-13-26(22)23(27)18-10-11-20(24)21(25)14-18/h2-11,14,22H,12-13H2,1H3. The third-order valence-corrected chi connectivity index (χ3v) is 5.10. The van der Waals surface area contributed by atoms with Crippen LogP contribution in [-0.4, -0.2) is 17.4 Å². The van der Waals surface area contributed by atoms with Crippen molar-refractivity contribution < 1.29 is 13.6 Å². The van der Waals surface area contributed by atoms with Gasteiger partial charge in [0.15, 0.2) is 11.6 Å². The van der Waals surface area contributed by atoms with Crippen LogP contribution in [0, 0.1) is 18.6 Å². The molecule has 4 rings (SSSR count). The van der Waals surface area contributed by atoms with Gasteiger partial charge in [-0.15, -0.1) is 0 Å². The van der Waals surface area contributed by atoms with Gasteiger partial charge in [0.05, 0.1) is 6.04 Å². The van der Waals surface area contributed by atoms with Crippen molar-refractivity contribution in [3.63, 3.8) is 0 Å². The molecule has 27 heavy (non-hydrogen) atoms.